The zero-order valence-electron chi connectivity index (χ0n) is 14.1. The van der Waals surface area contributed by atoms with Crippen molar-refractivity contribution in [2.24, 2.45) is 0 Å². The molecule has 1 fully saturated rings. The fraction of sp³-hybridized carbons (Fsp3) is 0.421. The van der Waals surface area contributed by atoms with Gasteiger partial charge in [0.2, 0.25) is 5.91 Å². The molecule has 6 heteroatoms. The lowest BCUT2D eigenvalue weighted by molar-refractivity contribution is -0.131. The Morgan fingerprint density at radius 1 is 1.28 bits per heavy atom. The molecule has 2 aromatic rings. The van der Waals surface area contributed by atoms with Crippen LogP contribution in [0, 0.1) is 5.82 Å². The summed E-state index contributed by atoms with van der Waals surface area (Å²) in [6, 6.07) is 10.3. The fourth-order valence-corrected chi connectivity index (χ4v) is 3.61. The van der Waals surface area contributed by atoms with E-state index < -0.39 is 0 Å². The number of hydrogen-bond acceptors (Lipinski definition) is 4. The van der Waals surface area contributed by atoms with E-state index in [1.54, 1.807) is 23.5 Å². The highest BCUT2D eigenvalue weighted by molar-refractivity contribution is 7.09. The Morgan fingerprint density at radius 2 is 2.12 bits per heavy atom. The summed E-state index contributed by atoms with van der Waals surface area (Å²) in [7, 11) is 0. The van der Waals surface area contributed by atoms with Gasteiger partial charge in [0.15, 0.2) is 0 Å². The molecule has 1 unspecified atom stereocenters. The minimum atomic E-state index is -0.266. The Kier molecular flexibility index (Phi) is 6.55. The standard InChI is InChI=1S/C19H23FN2O2S/c20-16-7-5-15(6-8-16)13-22(14-18-4-2-10-25-18)19(23)12-21-11-17-3-1-9-24-17/h2,4-8,10,17,21H,1,3,9,11-14H2. The lowest BCUT2D eigenvalue weighted by Crippen LogP contribution is -2.39. The molecule has 0 saturated carbocycles. The molecule has 134 valence electrons. The van der Waals surface area contributed by atoms with Crippen molar-refractivity contribution in [1.29, 1.82) is 0 Å². The number of ether oxygens (including phenoxy) is 1. The maximum atomic E-state index is 13.1. The van der Waals surface area contributed by atoms with Crippen molar-refractivity contribution < 1.29 is 13.9 Å². The van der Waals surface area contributed by atoms with E-state index in [0.29, 0.717) is 19.6 Å². The smallest absolute Gasteiger partial charge is 0.237 e. The summed E-state index contributed by atoms with van der Waals surface area (Å²) in [4.78, 5) is 15.6. The van der Waals surface area contributed by atoms with Crippen molar-refractivity contribution >= 4 is 17.2 Å². The maximum absolute atomic E-state index is 13.1. The lowest BCUT2D eigenvalue weighted by Gasteiger charge is -2.23. The summed E-state index contributed by atoms with van der Waals surface area (Å²) in [6.07, 6.45) is 2.36. The van der Waals surface area contributed by atoms with Gasteiger partial charge in [-0.2, -0.15) is 0 Å². The molecule has 1 aliphatic heterocycles. The number of thiophene rings is 1. The first-order valence-corrected chi connectivity index (χ1v) is 9.45. The molecule has 0 bridgehead atoms. The first-order valence-electron chi connectivity index (χ1n) is 8.57. The van der Waals surface area contributed by atoms with Crippen LogP contribution in [0.5, 0.6) is 0 Å². The van der Waals surface area contributed by atoms with Crippen LogP contribution in [0.2, 0.25) is 0 Å². The molecular formula is C19H23FN2O2S. The number of nitrogens with one attached hydrogen (secondary N) is 1. The molecule has 1 aromatic carbocycles. The first kappa shape index (κ1) is 18.0. The largest absolute Gasteiger partial charge is 0.377 e. The van der Waals surface area contributed by atoms with Gasteiger partial charge in [-0.1, -0.05) is 18.2 Å². The van der Waals surface area contributed by atoms with Gasteiger partial charge in [-0.3, -0.25) is 4.79 Å². The molecule has 3 rings (SSSR count). The summed E-state index contributed by atoms with van der Waals surface area (Å²) in [5, 5.41) is 5.21. The number of rotatable bonds is 8. The van der Waals surface area contributed by atoms with Gasteiger partial charge in [-0.25, -0.2) is 4.39 Å². The van der Waals surface area contributed by atoms with Crippen LogP contribution >= 0.6 is 11.3 Å². The monoisotopic (exact) mass is 362 g/mol. The zero-order valence-corrected chi connectivity index (χ0v) is 14.9. The van der Waals surface area contributed by atoms with Gasteiger partial charge in [-0.15, -0.1) is 11.3 Å². The molecule has 2 heterocycles. The number of carbonyl (C=O) groups excluding carboxylic acids is 1. The molecule has 0 spiro atoms. The van der Waals surface area contributed by atoms with E-state index in [1.165, 1.54) is 12.1 Å². The summed E-state index contributed by atoms with van der Waals surface area (Å²) in [5.41, 5.74) is 0.922. The maximum Gasteiger partial charge on any atom is 0.237 e. The van der Waals surface area contributed by atoms with Crippen LogP contribution in [-0.2, 0) is 22.6 Å². The summed E-state index contributed by atoms with van der Waals surface area (Å²) < 4.78 is 18.7. The van der Waals surface area contributed by atoms with Crippen molar-refractivity contribution in [3.05, 3.63) is 58.0 Å². The topological polar surface area (TPSA) is 41.6 Å². The average molecular weight is 362 g/mol. The zero-order chi connectivity index (χ0) is 17.5. The number of benzene rings is 1. The Hall–Kier alpha value is -1.76. The Labute approximate surface area is 151 Å². The Balaban J connectivity index is 1.58. The van der Waals surface area contributed by atoms with Crippen LogP contribution in [0.1, 0.15) is 23.3 Å². The molecule has 4 nitrogen and oxygen atoms in total. The van der Waals surface area contributed by atoms with E-state index in [4.69, 9.17) is 4.74 Å². The quantitative estimate of drug-likeness (QED) is 0.784. The average Bonchev–Trinajstić information content (AvgIpc) is 3.30. The van der Waals surface area contributed by atoms with Gasteiger partial charge in [0.25, 0.3) is 0 Å². The van der Waals surface area contributed by atoms with Crippen molar-refractivity contribution in [2.75, 3.05) is 19.7 Å². The molecule has 1 aliphatic rings. The third kappa shape index (κ3) is 5.63. The van der Waals surface area contributed by atoms with Crippen LogP contribution in [0.25, 0.3) is 0 Å². The SMILES string of the molecule is O=C(CNCC1CCCO1)N(Cc1ccc(F)cc1)Cc1cccs1. The highest BCUT2D eigenvalue weighted by Gasteiger charge is 2.18. The minimum Gasteiger partial charge on any atom is -0.377 e. The first-order chi connectivity index (χ1) is 12.2. The molecule has 1 amide bonds. The number of amides is 1. The number of carbonyl (C=O) groups is 1. The lowest BCUT2D eigenvalue weighted by atomic mass is 10.2. The predicted octanol–water partition coefficient (Wildman–Crippen LogP) is 3.18. The van der Waals surface area contributed by atoms with Gasteiger partial charge in [0.05, 0.1) is 19.2 Å². The molecule has 1 saturated heterocycles. The van der Waals surface area contributed by atoms with Crippen molar-refractivity contribution in [1.82, 2.24) is 10.2 Å². The number of nitrogens with zero attached hydrogens (tertiary/aromatic N) is 1. The van der Waals surface area contributed by atoms with Crippen molar-refractivity contribution in [2.45, 2.75) is 32.0 Å². The van der Waals surface area contributed by atoms with Crippen LogP contribution < -0.4 is 5.32 Å². The summed E-state index contributed by atoms with van der Waals surface area (Å²) in [5.74, 6) is -0.228. The van der Waals surface area contributed by atoms with E-state index in [9.17, 15) is 9.18 Å². The van der Waals surface area contributed by atoms with E-state index >= 15 is 0 Å². The number of hydrogen-bond donors (Lipinski definition) is 1. The Morgan fingerprint density at radius 3 is 2.80 bits per heavy atom. The second-order valence-electron chi connectivity index (χ2n) is 6.22. The second-order valence-corrected chi connectivity index (χ2v) is 7.25. The molecule has 0 aliphatic carbocycles. The van der Waals surface area contributed by atoms with Crippen molar-refractivity contribution in [3.63, 3.8) is 0 Å². The summed E-state index contributed by atoms with van der Waals surface area (Å²) >= 11 is 1.63. The van der Waals surface area contributed by atoms with Crippen LogP contribution in [0.4, 0.5) is 4.39 Å². The number of halogens is 1. The highest BCUT2D eigenvalue weighted by Crippen LogP contribution is 2.15. The molecule has 1 N–H and O–H groups in total. The minimum absolute atomic E-state index is 0.0377. The molecule has 0 radical (unpaired) electrons. The van der Waals surface area contributed by atoms with Gasteiger partial charge in [0.1, 0.15) is 5.82 Å². The predicted molar refractivity (Wildman–Crippen MR) is 96.8 cm³/mol. The normalized spacial score (nSPS) is 16.9. The highest BCUT2D eigenvalue weighted by atomic mass is 32.1. The molecule has 25 heavy (non-hydrogen) atoms. The van der Waals surface area contributed by atoms with Crippen molar-refractivity contribution in [3.8, 4) is 0 Å². The van der Waals surface area contributed by atoms with Crippen LogP contribution in [0.15, 0.2) is 41.8 Å². The van der Waals surface area contributed by atoms with E-state index in [2.05, 4.69) is 5.32 Å². The van der Waals surface area contributed by atoms with Crippen LogP contribution in [-0.4, -0.2) is 36.6 Å². The van der Waals surface area contributed by atoms with Crippen LogP contribution in [0.3, 0.4) is 0 Å². The third-order valence-electron chi connectivity index (χ3n) is 4.24. The molecular weight excluding hydrogens is 339 g/mol. The van der Waals surface area contributed by atoms with E-state index in [-0.39, 0.29) is 24.4 Å². The van der Waals surface area contributed by atoms with Gasteiger partial charge >= 0.3 is 0 Å². The second kappa shape index (κ2) is 9.08. The summed E-state index contributed by atoms with van der Waals surface area (Å²) in [6.45, 7) is 2.84. The molecule has 1 atom stereocenters. The van der Waals surface area contributed by atoms with E-state index in [1.807, 2.05) is 22.4 Å². The fourth-order valence-electron chi connectivity index (χ4n) is 2.89. The molecule has 1 aromatic heterocycles. The van der Waals surface area contributed by atoms with Gasteiger partial charge in [0, 0.05) is 24.6 Å². The van der Waals surface area contributed by atoms with E-state index in [0.717, 1.165) is 29.9 Å². The Bertz CT molecular complexity index is 655. The third-order valence-corrected chi connectivity index (χ3v) is 5.10. The van der Waals surface area contributed by atoms with Gasteiger partial charge in [-0.05, 0) is 42.0 Å². The van der Waals surface area contributed by atoms with Gasteiger partial charge < -0.3 is 15.0 Å².